The Morgan fingerprint density at radius 1 is 0.882 bits per heavy atom. The lowest BCUT2D eigenvalue weighted by atomic mass is 10.3. The molecule has 0 heterocycles. The van der Waals surface area contributed by atoms with Crippen molar-refractivity contribution in [2.45, 2.75) is 46.5 Å². The third kappa shape index (κ3) is 18.4. The van der Waals surface area contributed by atoms with Gasteiger partial charge in [0.2, 0.25) is 0 Å². The monoisotopic (exact) mass is 247 g/mol. The van der Waals surface area contributed by atoms with Gasteiger partial charge in [-0.25, -0.2) is 0 Å². The zero-order valence-corrected chi connectivity index (χ0v) is 12.6. The van der Waals surface area contributed by atoms with Crippen molar-refractivity contribution in [3.05, 3.63) is 0 Å². The second-order valence-corrected chi connectivity index (χ2v) is 3.97. The van der Waals surface area contributed by atoms with Crippen molar-refractivity contribution < 1.29 is 9.47 Å². The lowest BCUT2D eigenvalue weighted by Gasteiger charge is -2.15. The molecule has 0 bridgehead atoms. The van der Waals surface area contributed by atoms with E-state index in [-0.39, 0.29) is 0 Å². The summed E-state index contributed by atoms with van der Waals surface area (Å²) >= 11 is 0. The maximum absolute atomic E-state index is 5.53. The van der Waals surface area contributed by atoms with Crippen molar-refractivity contribution in [3.63, 3.8) is 0 Å². The molecule has 0 N–H and O–H groups in total. The smallest absolute Gasteiger partial charge is 0.0593 e. The van der Waals surface area contributed by atoms with Crippen molar-refractivity contribution >= 4 is 0 Å². The van der Waals surface area contributed by atoms with Crippen LogP contribution in [0, 0.1) is 0 Å². The fraction of sp³-hybridized carbons (Fsp3) is 1.00. The predicted molar refractivity (Wildman–Crippen MR) is 75.7 cm³/mol. The lowest BCUT2D eigenvalue weighted by molar-refractivity contribution is 0.101. The SMILES string of the molecule is CC.CCCCN(C)CCOCCCCOC. The second kappa shape index (κ2) is 18.3. The number of hydrogen-bond acceptors (Lipinski definition) is 3. The molecule has 0 amide bonds. The molecule has 0 aromatic rings. The first kappa shape index (κ1) is 19.2. The molecule has 0 radical (unpaired) electrons. The van der Waals surface area contributed by atoms with Gasteiger partial charge in [0, 0.05) is 26.9 Å². The van der Waals surface area contributed by atoms with Gasteiger partial charge in [0.1, 0.15) is 0 Å². The molecule has 0 aromatic carbocycles. The van der Waals surface area contributed by atoms with Crippen LogP contribution >= 0.6 is 0 Å². The molecule has 0 fully saturated rings. The lowest BCUT2D eigenvalue weighted by Crippen LogP contribution is -2.24. The number of hydrogen-bond donors (Lipinski definition) is 0. The van der Waals surface area contributed by atoms with E-state index in [0.29, 0.717) is 0 Å². The summed E-state index contributed by atoms with van der Waals surface area (Å²) in [6.07, 6.45) is 4.75. The molecular formula is C14H33NO2. The highest BCUT2D eigenvalue weighted by Gasteiger charge is 1.96. The van der Waals surface area contributed by atoms with Crippen molar-refractivity contribution in [1.29, 1.82) is 0 Å². The van der Waals surface area contributed by atoms with Gasteiger partial charge in [-0.05, 0) is 32.9 Å². The zero-order valence-electron chi connectivity index (χ0n) is 12.6. The number of methoxy groups -OCH3 is 1. The highest BCUT2D eigenvalue weighted by molar-refractivity contribution is 4.49. The van der Waals surface area contributed by atoms with Gasteiger partial charge in [-0.3, -0.25) is 0 Å². The minimum Gasteiger partial charge on any atom is -0.385 e. The Balaban J connectivity index is 0. The number of ether oxygens (including phenoxy) is 2. The van der Waals surface area contributed by atoms with Gasteiger partial charge in [-0.2, -0.15) is 0 Å². The van der Waals surface area contributed by atoms with Crippen molar-refractivity contribution in [2.75, 3.05) is 47.1 Å². The van der Waals surface area contributed by atoms with Gasteiger partial charge in [-0.1, -0.05) is 27.2 Å². The van der Waals surface area contributed by atoms with Crippen LogP contribution in [0.1, 0.15) is 46.5 Å². The van der Waals surface area contributed by atoms with Gasteiger partial charge in [0.05, 0.1) is 6.61 Å². The molecule has 0 aliphatic heterocycles. The Kier molecular flexibility index (Phi) is 20.6. The normalized spacial score (nSPS) is 10.2. The van der Waals surface area contributed by atoms with Crippen LogP contribution < -0.4 is 0 Å². The van der Waals surface area contributed by atoms with Crippen LogP contribution in [0.5, 0.6) is 0 Å². The Morgan fingerprint density at radius 3 is 2.12 bits per heavy atom. The van der Waals surface area contributed by atoms with Crippen LogP contribution in [0.3, 0.4) is 0 Å². The summed E-state index contributed by atoms with van der Waals surface area (Å²) in [4.78, 5) is 2.33. The molecule has 0 aliphatic carbocycles. The van der Waals surface area contributed by atoms with Crippen molar-refractivity contribution in [3.8, 4) is 0 Å². The third-order valence-electron chi connectivity index (χ3n) is 2.40. The number of rotatable bonds is 11. The Bertz CT molecular complexity index is 121. The third-order valence-corrected chi connectivity index (χ3v) is 2.40. The van der Waals surface area contributed by atoms with Crippen LogP contribution in [0.2, 0.25) is 0 Å². The van der Waals surface area contributed by atoms with Crippen molar-refractivity contribution in [2.24, 2.45) is 0 Å². The molecule has 0 atom stereocenters. The van der Waals surface area contributed by atoms with E-state index in [2.05, 4.69) is 18.9 Å². The highest BCUT2D eigenvalue weighted by atomic mass is 16.5. The fourth-order valence-electron chi connectivity index (χ4n) is 1.31. The average molecular weight is 247 g/mol. The minimum absolute atomic E-state index is 0.847. The Morgan fingerprint density at radius 2 is 1.53 bits per heavy atom. The summed E-state index contributed by atoms with van der Waals surface area (Å²) in [6, 6.07) is 0. The molecule has 3 nitrogen and oxygen atoms in total. The van der Waals surface area contributed by atoms with Gasteiger partial charge in [-0.15, -0.1) is 0 Å². The molecule has 106 valence electrons. The topological polar surface area (TPSA) is 21.7 Å². The van der Waals surface area contributed by atoms with Gasteiger partial charge in [0.15, 0.2) is 0 Å². The summed E-state index contributed by atoms with van der Waals surface area (Å²) in [5.41, 5.74) is 0. The predicted octanol–water partition coefficient (Wildman–Crippen LogP) is 3.19. The second-order valence-electron chi connectivity index (χ2n) is 3.97. The van der Waals surface area contributed by atoms with Crippen LogP contribution in [-0.2, 0) is 9.47 Å². The molecule has 0 unspecified atom stereocenters. The summed E-state index contributed by atoms with van der Waals surface area (Å²) in [5, 5.41) is 0. The summed E-state index contributed by atoms with van der Waals surface area (Å²) in [7, 11) is 3.90. The van der Waals surface area contributed by atoms with E-state index < -0.39 is 0 Å². The summed E-state index contributed by atoms with van der Waals surface area (Å²) < 4.78 is 10.5. The largest absolute Gasteiger partial charge is 0.385 e. The molecule has 0 saturated heterocycles. The van der Waals surface area contributed by atoms with E-state index in [1.165, 1.54) is 19.4 Å². The zero-order chi connectivity index (χ0) is 13.4. The van der Waals surface area contributed by atoms with E-state index in [1.807, 2.05) is 13.8 Å². The van der Waals surface area contributed by atoms with Gasteiger partial charge < -0.3 is 14.4 Å². The quantitative estimate of drug-likeness (QED) is 0.523. The maximum atomic E-state index is 5.53. The summed E-state index contributed by atoms with van der Waals surface area (Å²) in [6.45, 7) is 11.0. The number of nitrogens with zero attached hydrogens (tertiary/aromatic N) is 1. The van der Waals surface area contributed by atoms with E-state index in [1.54, 1.807) is 7.11 Å². The number of likely N-dealkylation sites (N-methyl/N-ethyl adjacent to an activating group) is 1. The van der Waals surface area contributed by atoms with Crippen molar-refractivity contribution in [1.82, 2.24) is 4.90 Å². The van der Waals surface area contributed by atoms with Crippen LogP contribution in [-0.4, -0.2) is 52.0 Å². The number of unbranched alkanes of at least 4 members (excludes halogenated alkanes) is 2. The molecule has 0 aliphatic rings. The van der Waals surface area contributed by atoms with Crippen LogP contribution in [0.15, 0.2) is 0 Å². The molecule has 17 heavy (non-hydrogen) atoms. The molecule has 3 heteroatoms. The first-order chi connectivity index (χ1) is 8.31. The van der Waals surface area contributed by atoms with E-state index in [9.17, 15) is 0 Å². The average Bonchev–Trinajstić information content (AvgIpc) is 2.37. The molecular weight excluding hydrogens is 214 g/mol. The molecule has 0 rings (SSSR count). The van der Waals surface area contributed by atoms with Crippen LogP contribution in [0.4, 0.5) is 0 Å². The Hall–Kier alpha value is -0.120. The molecule has 0 saturated carbocycles. The van der Waals surface area contributed by atoms with Crippen LogP contribution in [0.25, 0.3) is 0 Å². The molecule has 0 aromatic heterocycles. The molecule has 0 spiro atoms. The Labute approximate surface area is 108 Å². The maximum Gasteiger partial charge on any atom is 0.0593 e. The fourth-order valence-corrected chi connectivity index (χ4v) is 1.31. The standard InChI is InChI=1S/C12H27NO2.C2H6/c1-4-5-8-13(2)9-12-15-11-7-6-10-14-3;1-2/h4-12H2,1-3H3;1-2H3. The van der Waals surface area contributed by atoms with Gasteiger partial charge in [0.25, 0.3) is 0 Å². The minimum atomic E-state index is 0.847. The summed E-state index contributed by atoms with van der Waals surface area (Å²) in [5.74, 6) is 0. The van der Waals surface area contributed by atoms with E-state index >= 15 is 0 Å². The highest BCUT2D eigenvalue weighted by Crippen LogP contribution is 1.93. The first-order valence-corrected chi connectivity index (χ1v) is 7.06. The van der Waals surface area contributed by atoms with E-state index in [0.717, 1.165) is 39.2 Å². The van der Waals surface area contributed by atoms with Gasteiger partial charge >= 0.3 is 0 Å². The first-order valence-electron chi connectivity index (χ1n) is 7.06. The van der Waals surface area contributed by atoms with E-state index in [4.69, 9.17) is 9.47 Å².